The number of amides is 1. The van der Waals surface area contributed by atoms with Gasteiger partial charge in [-0.15, -0.1) is 0 Å². The molecule has 35 heavy (non-hydrogen) atoms. The summed E-state index contributed by atoms with van der Waals surface area (Å²) in [4.78, 5) is 30.5. The van der Waals surface area contributed by atoms with E-state index in [0.29, 0.717) is 39.7 Å². The number of para-hydroxylation sites is 3. The number of ether oxygens (including phenoxy) is 1. The van der Waals surface area contributed by atoms with Crippen molar-refractivity contribution in [2.45, 2.75) is 19.0 Å². The smallest absolute Gasteiger partial charge is 0.266 e. The molecule has 0 aliphatic heterocycles. The molecule has 1 heterocycles. The van der Waals surface area contributed by atoms with Crippen molar-refractivity contribution in [3.05, 3.63) is 88.2 Å². The van der Waals surface area contributed by atoms with Gasteiger partial charge >= 0.3 is 0 Å². The largest absolute Gasteiger partial charge is 0.504 e. The molecule has 4 aromatic rings. The van der Waals surface area contributed by atoms with Crippen molar-refractivity contribution >= 4 is 34.8 Å². The van der Waals surface area contributed by atoms with E-state index in [1.807, 2.05) is 44.2 Å². The summed E-state index contributed by atoms with van der Waals surface area (Å²) in [6.07, 6.45) is 1.35. The number of aromatic nitrogens is 2. The Labute approximate surface area is 206 Å². The van der Waals surface area contributed by atoms with Gasteiger partial charge in [-0.3, -0.25) is 14.2 Å². The number of benzene rings is 3. The molecule has 2 N–H and O–H groups in total. The van der Waals surface area contributed by atoms with Crippen molar-refractivity contribution in [2.24, 2.45) is 5.10 Å². The Bertz CT molecular complexity index is 1470. The molecule has 9 heteroatoms. The molecule has 0 aliphatic carbocycles. The summed E-state index contributed by atoms with van der Waals surface area (Å²) >= 11 is 1.14. The van der Waals surface area contributed by atoms with Gasteiger partial charge in [0.1, 0.15) is 0 Å². The lowest BCUT2D eigenvalue weighted by Crippen LogP contribution is -2.24. The third-order valence-corrected chi connectivity index (χ3v) is 6.10. The van der Waals surface area contributed by atoms with Gasteiger partial charge in [0.15, 0.2) is 16.7 Å². The molecule has 0 radical (unpaired) electrons. The number of nitrogens with one attached hydrogen (secondary N) is 1. The predicted octanol–water partition coefficient (Wildman–Crippen LogP) is 4.04. The number of aryl methyl sites for hydroxylation is 1. The van der Waals surface area contributed by atoms with Crippen molar-refractivity contribution in [1.29, 1.82) is 0 Å². The molecule has 1 amide bonds. The first-order valence-electron chi connectivity index (χ1n) is 11.0. The molecule has 0 bridgehead atoms. The molecule has 3 aromatic carbocycles. The molecule has 4 rings (SSSR count). The Balaban J connectivity index is 1.54. The molecule has 0 aliphatic rings. The van der Waals surface area contributed by atoms with Crippen LogP contribution >= 0.6 is 11.8 Å². The highest BCUT2D eigenvalue weighted by Crippen LogP contribution is 2.28. The van der Waals surface area contributed by atoms with E-state index >= 15 is 0 Å². The van der Waals surface area contributed by atoms with Gasteiger partial charge in [0.25, 0.3) is 11.5 Å². The highest BCUT2D eigenvalue weighted by Gasteiger charge is 2.16. The van der Waals surface area contributed by atoms with Crippen LogP contribution in [0.3, 0.4) is 0 Å². The summed E-state index contributed by atoms with van der Waals surface area (Å²) in [5.74, 6) is -0.108. The number of nitrogens with zero attached hydrogens (tertiary/aromatic N) is 3. The third-order valence-electron chi connectivity index (χ3n) is 5.16. The first kappa shape index (κ1) is 24.0. The lowest BCUT2D eigenvalue weighted by Gasteiger charge is -2.14. The maximum Gasteiger partial charge on any atom is 0.266 e. The van der Waals surface area contributed by atoms with Gasteiger partial charge in [0, 0.05) is 5.56 Å². The SMILES string of the molecule is CCOc1cccc(/C=N\NC(=O)CSc2nc3ccccc3c(=O)n2-c2ccccc2C)c1O. The fourth-order valence-corrected chi connectivity index (χ4v) is 4.29. The summed E-state index contributed by atoms with van der Waals surface area (Å²) in [7, 11) is 0. The van der Waals surface area contributed by atoms with E-state index in [-0.39, 0.29) is 23.0 Å². The number of phenols is 1. The molecule has 0 unspecified atom stereocenters. The van der Waals surface area contributed by atoms with E-state index in [2.05, 4.69) is 15.5 Å². The van der Waals surface area contributed by atoms with Gasteiger partial charge in [0.05, 0.1) is 35.2 Å². The van der Waals surface area contributed by atoms with Gasteiger partial charge < -0.3 is 9.84 Å². The molecule has 0 saturated heterocycles. The Hall–Kier alpha value is -4.11. The number of carbonyl (C=O) groups excluding carboxylic acids is 1. The van der Waals surface area contributed by atoms with Gasteiger partial charge in [-0.1, -0.05) is 48.2 Å². The monoisotopic (exact) mass is 488 g/mol. The topological polar surface area (TPSA) is 106 Å². The van der Waals surface area contributed by atoms with Gasteiger partial charge in [-0.05, 0) is 49.7 Å². The minimum Gasteiger partial charge on any atom is -0.504 e. The van der Waals surface area contributed by atoms with Crippen molar-refractivity contribution in [2.75, 3.05) is 12.4 Å². The summed E-state index contributed by atoms with van der Waals surface area (Å²) < 4.78 is 6.89. The number of rotatable bonds is 8. The molecule has 0 spiro atoms. The lowest BCUT2D eigenvalue weighted by molar-refractivity contribution is -0.118. The quantitative estimate of drug-likeness (QED) is 0.168. The number of hydrogen-bond donors (Lipinski definition) is 2. The van der Waals surface area contributed by atoms with Crippen LogP contribution in [-0.4, -0.2) is 39.1 Å². The molecule has 1 aromatic heterocycles. The molecule has 8 nitrogen and oxygen atoms in total. The number of aromatic hydroxyl groups is 1. The first-order valence-corrected chi connectivity index (χ1v) is 12.0. The summed E-state index contributed by atoms with van der Waals surface area (Å²) in [6.45, 7) is 4.16. The molecule has 0 atom stereocenters. The summed E-state index contributed by atoms with van der Waals surface area (Å²) in [5.41, 5.74) is 4.84. The van der Waals surface area contributed by atoms with Crippen LogP contribution in [0.25, 0.3) is 16.6 Å². The van der Waals surface area contributed by atoms with Crippen molar-refractivity contribution in [3.63, 3.8) is 0 Å². The Morgan fingerprint density at radius 2 is 1.91 bits per heavy atom. The number of thioether (sulfide) groups is 1. The zero-order valence-electron chi connectivity index (χ0n) is 19.3. The highest BCUT2D eigenvalue weighted by atomic mass is 32.2. The van der Waals surface area contributed by atoms with Crippen molar-refractivity contribution in [3.8, 4) is 17.2 Å². The minimum absolute atomic E-state index is 0.0149. The van der Waals surface area contributed by atoms with E-state index in [9.17, 15) is 14.7 Å². The maximum atomic E-state index is 13.3. The van der Waals surface area contributed by atoms with Crippen LogP contribution in [0.4, 0.5) is 0 Å². The molecular weight excluding hydrogens is 464 g/mol. The second-order valence-electron chi connectivity index (χ2n) is 7.55. The first-order chi connectivity index (χ1) is 17.0. The van der Waals surface area contributed by atoms with Crippen LogP contribution in [0.2, 0.25) is 0 Å². The van der Waals surface area contributed by atoms with Crippen LogP contribution in [0.1, 0.15) is 18.1 Å². The zero-order valence-corrected chi connectivity index (χ0v) is 20.1. The average Bonchev–Trinajstić information content (AvgIpc) is 2.86. The number of carbonyl (C=O) groups is 1. The van der Waals surface area contributed by atoms with E-state index in [1.54, 1.807) is 36.4 Å². The molecule has 0 fully saturated rings. The number of hydrazone groups is 1. The standard InChI is InChI=1S/C26H24N4O4S/c1-3-34-22-14-8-10-18(24(22)32)15-27-29-23(31)16-35-26-28-20-12-6-5-11-19(20)25(33)30(26)21-13-7-4-9-17(21)2/h4-15,32H,3,16H2,1-2H3,(H,29,31)/b27-15-. The molecular formula is C26H24N4O4S. The summed E-state index contributed by atoms with van der Waals surface area (Å²) in [6, 6.07) is 19.7. The van der Waals surface area contributed by atoms with E-state index in [4.69, 9.17) is 4.74 Å². The van der Waals surface area contributed by atoms with E-state index in [1.165, 1.54) is 10.8 Å². The van der Waals surface area contributed by atoms with Crippen LogP contribution < -0.4 is 15.7 Å². The predicted molar refractivity (Wildman–Crippen MR) is 138 cm³/mol. The molecule has 0 saturated carbocycles. The van der Waals surface area contributed by atoms with Gasteiger partial charge in [-0.2, -0.15) is 5.10 Å². The second-order valence-corrected chi connectivity index (χ2v) is 8.49. The Morgan fingerprint density at radius 3 is 2.71 bits per heavy atom. The third kappa shape index (κ3) is 5.36. The maximum absolute atomic E-state index is 13.3. The minimum atomic E-state index is -0.384. The van der Waals surface area contributed by atoms with Crippen LogP contribution in [0, 0.1) is 6.92 Å². The Morgan fingerprint density at radius 1 is 1.14 bits per heavy atom. The van der Waals surface area contributed by atoms with Crippen molar-refractivity contribution in [1.82, 2.24) is 15.0 Å². The molecule has 178 valence electrons. The van der Waals surface area contributed by atoms with Crippen LogP contribution in [-0.2, 0) is 4.79 Å². The van der Waals surface area contributed by atoms with Gasteiger partial charge in [-0.25, -0.2) is 10.4 Å². The summed E-state index contributed by atoms with van der Waals surface area (Å²) in [5, 5.41) is 15.1. The second kappa shape index (κ2) is 10.9. The van der Waals surface area contributed by atoms with Crippen LogP contribution in [0.15, 0.2) is 81.8 Å². The highest BCUT2D eigenvalue weighted by molar-refractivity contribution is 7.99. The fourth-order valence-electron chi connectivity index (χ4n) is 3.49. The number of phenolic OH excluding ortho intramolecular Hbond substituents is 1. The van der Waals surface area contributed by atoms with Crippen molar-refractivity contribution < 1.29 is 14.6 Å². The van der Waals surface area contributed by atoms with E-state index in [0.717, 1.165) is 17.3 Å². The number of hydrogen-bond acceptors (Lipinski definition) is 7. The fraction of sp³-hybridized carbons (Fsp3) is 0.154. The van der Waals surface area contributed by atoms with E-state index < -0.39 is 0 Å². The lowest BCUT2D eigenvalue weighted by atomic mass is 10.2. The van der Waals surface area contributed by atoms with Gasteiger partial charge in [0.2, 0.25) is 0 Å². The number of fused-ring (bicyclic) bond motifs is 1. The normalized spacial score (nSPS) is 11.1. The van der Waals surface area contributed by atoms with Crippen LogP contribution in [0.5, 0.6) is 11.5 Å². The average molecular weight is 489 g/mol. The zero-order chi connectivity index (χ0) is 24.8. The Kier molecular flexibility index (Phi) is 7.47.